The van der Waals surface area contributed by atoms with Gasteiger partial charge in [0, 0.05) is 5.69 Å². The quantitative estimate of drug-likeness (QED) is 0.528. The molecule has 0 heterocycles. The zero-order valence-electron chi connectivity index (χ0n) is 17.1. The summed E-state index contributed by atoms with van der Waals surface area (Å²) in [6, 6.07) is 18.5. The fourth-order valence-electron chi connectivity index (χ4n) is 2.79. The van der Waals surface area contributed by atoms with Gasteiger partial charge in [-0.2, -0.15) is 0 Å². The second-order valence-electron chi connectivity index (χ2n) is 6.93. The third-order valence-electron chi connectivity index (χ3n) is 4.51. The Morgan fingerprint density at radius 2 is 1.65 bits per heavy atom. The monoisotopic (exact) mass is 442 g/mol. The van der Waals surface area contributed by atoms with Gasteiger partial charge in [-0.3, -0.25) is 9.52 Å². The molecule has 0 aliphatic heterocycles. The highest BCUT2D eigenvalue weighted by atomic mass is 32.2. The molecular weight excluding hydrogens is 419 g/mol. The summed E-state index contributed by atoms with van der Waals surface area (Å²) in [5, 5.41) is 2.72. The van der Waals surface area contributed by atoms with Gasteiger partial charge in [0.25, 0.3) is 15.9 Å². The molecule has 3 rings (SSSR count). The van der Waals surface area contributed by atoms with E-state index in [9.17, 15) is 17.6 Å². The van der Waals surface area contributed by atoms with Crippen molar-refractivity contribution < 1.29 is 22.3 Å². The number of benzene rings is 3. The van der Waals surface area contributed by atoms with Crippen molar-refractivity contribution in [3.8, 4) is 5.75 Å². The summed E-state index contributed by atoms with van der Waals surface area (Å²) in [5.41, 5.74) is 1.36. The molecule has 3 aromatic carbocycles. The normalized spacial score (nSPS) is 12.1. The molecule has 0 spiro atoms. The maximum absolute atomic E-state index is 13.7. The number of carbonyl (C=O) groups excluding carboxylic acids is 1. The van der Waals surface area contributed by atoms with Crippen molar-refractivity contribution in [1.29, 1.82) is 0 Å². The van der Waals surface area contributed by atoms with Crippen LogP contribution in [-0.4, -0.2) is 20.4 Å². The molecule has 2 N–H and O–H groups in total. The number of halogens is 1. The first-order chi connectivity index (χ1) is 14.8. The lowest BCUT2D eigenvalue weighted by molar-refractivity contribution is -0.122. The van der Waals surface area contributed by atoms with Crippen LogP contribution in [0.5, 0.6) is 5.75 Å². The van der Waals surface area contributed by atoms with Crippen LogP contribution in [-0.2, 0) is 14.8 Å². The number of anilines is 2. The summed E-state index contributed by atoms with van der Waals surface area (Å²) < 4.78 is 46.7. The maximum atomic E-state index is 13.7. The van der Waals surface area contributed by atoms with Gasteiger partial charge in [-0.15, -0.1) is 0 Å². The molecule has 0 fully saturated rings. The van der Waals surface area contributed by atoms with Gasteiger partial charge in [-0.05, 0) is 61.9 Å². The summed E-state index contributed by atoms with van der Waals surface area (Å²) in [6.45, 7) is 3.80. The summed E-state index contributed by atoms with van der Waals surface area (Å²) in [5.74, 6) is -0.425. The summed E-state index contributed by atoms with van der Waals surface area (Å²) in [4.78, 5) is 12.5. The smallest absolute Gasteiger partial charge is 0.265 e. The van der Waals surface area contributed by atoms with E-state index in [1.807, 2.05) is 26.0 Å². The topological polar surface area (TPSA) is 84.5 Å². The minimum Gasteiger partial charge on any atom is -0.481 e. The number of ether oxygens (including phenoxy) is 1. The van der Waals surface area contributed by atoms with E-state index in [0.29, 0.717) is 17.9 Å². The lowest BCUT2D eigenvalue weighted by Crippen LogP contribution is -2.32. The van der Waals surface area contributed by atoms with Crippen molar-refractivity contribution in [2.75, 3.05) is 10.0 Å². The molecule has 0 aliphatic carbocycles. The predicted octanol–water partition coefficient (Wildman–Crippen LogP) is 4.73. The van der Waals surface area contributed by atoms with Crippen molar-refractivity contribution in [2.24, 2.45) is 0 Å². The molecule has 1 atom stereocenters. The highest BCUT2D eigenvalue weighted by Crippen LogP contribution is 2.21. The van der Waals surface area contributed by atoms with Gasteiger partial charge in [0.1, 0.15) is 11.6 Å². The largest absolute Gasteiger partial charge is 0.481 e. The average Bonchev–Trinajstić information content (AvgIpc) is 2.75. The van der Waals surface area contributed by atoms with Crippen LogP contribution in [0.3, 0.4) is 0 Å². The van der Waals surface area contributed by atoms with Crippen molar-refractivity contribution in [1.82, 2.24) is 0 Å². The molecule has 1 amide bonds. The summed E-state index contributed by atoms with van der Waals surface area (Å²) in [6.07, 6.45) is -0.243. The first-order valence-corrected chi connectivity index (χ1v) is 11.2. The number of amides is 1. The third kappa shape index (κ3) is 5.82. The number of hydrogen-bond acceptors (Lipinski definition) is 4. The molecule has 162 valence electrons. The average molecular weight is 443 g/mol. The van der Waals surface area contributed by atoms with E-state index in [-0.39, 0.29) is 16.5 Å². The summed E-state index contributed by atoms with van der Waals surface area (Å²) in [7, 11) is -3.97. The van der Waals surface area contributed by atoms with Crippen LogP contribution in [0.4, 0.5) is 15.8 Å². The zero-order valence-corrected chi connectivity index (χ0v) is 17.9. The maximum Gasteiger partial charge on any atom is 0.265 e. The predicted molar refractivity (Wildman–Crippen MR) is 118 cm³/mol. The fourth-order valence-corrected chi connectivity index (χ4v) is 3.86. The van der Waals surface area contributed by atoms with Crippen molar-refractivity contribution in [3.63, 3.8) is 0 Å². The van der Waals surface area contributed by atoms with E-state index in [2.05, 4.69) is 10.0 Å². The molecule has 3 aromatic rings. The number of sulfonamides is 1. The van der Waals surface area contributed by atoms with Crippen LogP contribution in [0.1, 0.15) is 18.9 Å². The van der Waals surface area contributed by atoms with Crippen LogP contribution >= 0.6 is 0 Å². The van der Waals surface area contributed by atoms with Crippen molar-refractivity contribution in [3.05, 3.63) is 84.2 Å². The SMILES string of the molecule is CC[C@H](Oc1ccc(C)cc1)C(=O)Nc1ccc(S(=O)(=O)Nc2ccccc2F)cc1. The molecular formula is C23H23FN2O4S. The Bertz CT molecular complexity index is 1150. The Hall–Kier alpha value is -3.39. The van der Waals surface area contributed by atoms with Gasteiger partial charge in [-0.1, -0.05) is 36.8 Å². The minimum atomic E-state index is -3.97. The Kier molecular flexibility index (Phi) is 6.91. The van der Waals surface area contributed by atoms with E-state index < -0.39 is 21.9 Å². The second-order valence-corrected chi connectivity index (χ2v) is 8.61. The Morgan fingerprint density at radius 3 is 2.26 bits per heavy atom. The third-order valence-corrected chi connectivity index (χ3v) is 5.89. The number of hydrogen-bond donors (Lipinski definition) is 2. The molecule has 31 heavy (non-hydrogen) atoms. The first-order valence-electron chi connectivity index (χ1n) is 9.70. The van der Waals surface area contributed by atoms with E-state index in [1.165, 1.54) is 48.5 Å². The van der Waals surface area contributed by atoms with Gasteiger partial charge < -0.3 is 10.1 Å². The molecule has 8 heteroatoms. The van der Waals surface area contributed by atoms with Crippen LogP contribution < -0.4 is 14.8 Å². The first kappa shape index (κ1) is 22.3. The fraction of sp³-hybridized carbons (Fsp3) is 0.174. The lowest BCUT2D eigenvalue weighted by atomic mass is 10.2. The minimum absolute atomic E-state index is 0.0586. The van der Waals surface area contributed by atoms with Crippen molar-refractivity contribution >= 4 is 27.3 Å². The van der Waals surface area contributed by atoms with E-state index in [0.717, 1.165) is 5.56 Å². The van der Waals surface area contributed by atoms with Crippen LogP contribution in [0.15, 0.2) is 77.7 Å². The highest BCUT2D eigenvalue weighted by Gasteiger charge is 2.20. The van der Waals surface area contributed by atoms with Gasteiger partial charge in [0.15, 0.2) is 6.10 Å². The van der Waals surface area contributed by atoms with Gasteiger partial charge in [-0.25, -0.2) is 12.8 Å². The van der Waals surface area contributed by atoms with E-state index in [4.69, 9.17) is 4.74 Å². The van der Waals surface area contributed by atoms with E-state index in [1.54, 1.807) is 12.1 Å². The Morgan fingerprint density at radius 1 is 1.00 bits per heavy atom. The molecule has 0 aliphatic rings. The van der Waals surface area contributed by atoms with Gasteiger partial charge in [0.2, 0.25) is 0 Å². The number of aryl methyl sites for hydroxylation is 1. The van der Waals surface area contributed by atoms with E-state index >= 15 is 0 Å². The molecule has 0 unspecified atom stereocenters. The number of para-hydroxylation sites is 1. The zero-order chi connectivity index (χ0) is 22.4. The number of carbonyl (C=O) groups is 1. The molecule has 0 saturated heterocycles. The molecule has 0 bridgehead atoms. The van der Waals surface area contributed by atoms with Crippen LogP contribution in [0.25, 0.3) is 0 Å². The second kappa shape index (κ2) is 9.61. The van der Waals surface area contributed by atoms with Gasteiger partial charge >= 0.3 is 0 Å². The van der Waals surface area contributed by atoms with Crippen molar-refractivity contribution in [2.45, 2.75) is 31.3 Å². The Balaban J connectivity index is 1.67. The van der Waals surface area contributed by atoms with Crippen LogP contribution in [0, 0.1) is 12.7 Å². The Labute approximate surface area is 181 Å². The number of nitrogens with one attached hydrogen (secondary N) is 2. The molecule has 0 aromatic heterocycles. The molecule has 6 nitrogen and oxygen atoms in total. The summed E-state index contributed by atoms with van der Waals surface area (Å²) >= 11 is 0. The van der Waals surface area contributed by atoms with Gasteiger partial charge in [0.05, 0.1) is 10.6 Å². The molecule has 0 saturated carbocycles. The lowest BCUT2D eigenvalue weighted by Gasteiger charge is -2.17. The van der Waals surface area contributed by atoms with Crippen LogP contribution in [0.2, 0.25) is 0 Å². The highest BCUT2D eigenvalue weighted by molar-refractivity contribution is 7.92. The number of rotatable bonds is 8. The molecule has 0 radical (unpaired) electrons. The standard InChI is InChI=1S/C23H23FN2O4S/c1-3-22(30-18-12-8-16(2)9-13-18)23(27)25-17-10-14-19(15-11-17)31(28,29)26-21-7-5-4-6-20(21)24/h4-15,22,26H,3H2,1-2H3,(H,25,27)/t22-/m0/s1.